The van der Waals surface area contributed by atoms with E-state index >= 15 is 0 Å². The number of ether oxygens (including phenoxy) is 1. The minimum Gasteiger partial charge on any atom is -0.495 e. The maximum atomic E-state index is 12.2. The van der Waals surface area contributed by atoms with Gasteiger partial charge in [0.2, 0.25) is 0 Å². The van der Waals surface area contributed by atoms with Gasteiger partial charge in [-0.15, -0.1) is 11.3 Å². The predicted molar refractivity (Wildman–Crippen MR) is 82.6 cm³/mol. The maximum Gasteiger partial charge on any atom is 0.251 e. The Balaban J connectivity index is 2.10. The third-order valence-electron chi connectivity index (χ3n) is 2.86. The smallest absolute Gasteiger partial charge is 0.251 e. The highest BCUT2D eigenvalue weighted by Crippen LogP contribution is 2.27. The van der Waals surface area contributed by atoms with Crippen molar-refractivity contribution >= 4 is 34.5 Å². The average molecular weight is 311 g/mol. The number of methoxy groups -OCH3 is 1. The molecule has 0 radical (unpaired) electrons. The molecule has 0 saturated carbocycles. The number of nitrogens with two attached hydrogens (primary N) is 1. The molecule has 4 nitrogen and oxygen atoms in total. The van der Waals surface area contributed by atoms with Gasteiger partial charge in [0.15, 0.2) is 0 Å². The molecule has 1 atom stereocenters. The predicted octanol–water partition coefficient (Wildman–Crippen LogP) is 3.48. The first-order valence-corrected chi connectivity index (χ1v) is 7.20. The number of hydrogen-bond donors (Lipinski definition) is 2. The van der Waals surface area contributed by atoms with E-state index in [0.29, 0.717) is 21.3 Å². The van der Waals surface area contributed by atoms with Gasteiger partial charge >= 0.3 is 0 Å². The summed E-state index contributed by atoms with van der Waals surface area (Å²) in [6, 6.07) is 8.57. The number of benzene rings is 1. The number of carbonyl (C=O) groups excluding carboxylic acids is 1. The van der Waals surface area contributed by atoms with Gasteiger partial charge in [0, 0.05) is 10.4 Å². The monoisotopic (exact) mass is 310 g/mol. The highest BCUT2D eigenvalue weighted by Gasteiger charge is 2.14. The number of nitrogen functional groups attached to an aromatic ring is 1. The summed E-state index contributed by atoms with van der Waals surface area (Å²) < 4.78 is 5.77. The fourth-order valence-corrected chi connectivity index (χ4v) is 2.85. The van der Waals surface area contributed by atoms with Gasteiger partial charge in [0.1, 0.15) is 5.75 Å². The number of thiophene rings is 1. The lowest BCUT2D eigenvalue weighted by atomic mass is 10.1. The van der Waals surface area contributed by atoms with E-state index in [4.69, 9.17) is 22.1 Å². The van der Waals surface area contributed by atoms with E-state index in [2.05, 4.69) is 5.32 Å². The van der Waals surface area contributed by atoms with E-state index in [1.165, 1.54) is 18.4 Å². The summed E-state index contributed by atoms with van der Waals surface area (Å²) in [5.74, 6) is 0.371. The van der Waals surface area contributed by atoms with E-state index in [9.17, 15) is 4.79 Å². The Labute approximate surface area is 126 Å². The fraction of sp³-hybridized carbons (Fsp3) is 0.214. The molecule has 6 heteroatoms. The Kier molecular flexibility index (Phi) is 4.52. The van der Waals surface area contributed by atoms with Crippen LogP contribution in [0.4, 0.5) is 5.69 Å². The quantitative estimate of drug-likeness (QED) is 0.850. The van der Waals surface area contributed by atoms with Crippen LogP contribution in [0.5, 0.6) is 5.75 Å². The van der Waals surface area contributed by atoms with Crippen molar-refractivity contribution < 1.29 is 9.53 Å². The second-order valence-corrected chi connectivity index (χ2v) is 6.04. The third kappa shape index (κ3) is 3.23. The lowest BCUT2D eigenvalue weighted by Crippen LogP contribution is -2.26. The highest BCUT2D eigenvalue weighted by atomic mass is 35.5. The Morgan fingerprint density at radius 3 is 2.70 bits per heavy atom. The van der Waals surface area contributed by atoms with Gasteiger partial charge in [-0.2, -0.15) is 0 Å². The summed E-state index contributed by atoms with van der Waals surface area (Å²) in [5, 5.41) is 2.91. The van der Waals surface area contributed by atoms with Gasteiger partial charge in [-0.1, -0.05) is 11.6 Å². The normalized spacial score (nSPS) is 11.9. The summed E-state index contributed by atoms with van der Waals surface area (Å²) in [6.45, 7) is 1.91. The molecule has 0 aliphatic carbocycles. The van der Waals surface area contributed by atoms with Crippen molar-refractivity contribution in [1.82, 2.24) is 5.32 Å². The van der Waals surface area contributed by atoms with Crippen LogP contribution >= 0.6 is 22.9 Å². The Morgan fingerprint density at radius 1 is 1.40 bits per heavy atom. The van der Waals surface area contributed by atoms with Gasteiger partial charge in [0.25, 0.3) is 5.91 Å². The second-order valence-electron chi connectivity index (χ2n) is 4.29. The van der Waals surface area contributed by atoms with Crippen LogP contribution in [0.25, 0.3) is 0 Å². The summed E-state index contributed by atoms with van der Waals surface area (Å²) >= 11 is 7.34. The molecular weight excluding hydrogens is 296 g/mol. The van der Waals surface area contributed by atoms with E-state index in [1.54, 1.807) is 18.2 Å². The first-order chi connectivity index (χ1) is 9.51. The number of carbonyl (C=O) groups is 1. The van der Waals surface area contributed by atoms with Crippen LogP contribution in [-0.2, 0) is 0 Å². The van der Waals surface area contributed by atoms with Crippen molar-refractivity contribution in [2.24, 2.45) is 0 Å². The van der Waals surface area contributed by atoms with E-state index in [1.807, 2.05) is 19.1 Å². The van der Waals surface area contributed by atoms with Gasteiger partial charge in [0.05, 0.1) is 23.2 Å². The zero-order valence-electron chi connectivity index (χ0n) is 11.1. The van der Waals surface area contributed by atoms with Crippen molar-refractivity contribution in [3.8, 4) is 5.75 Å². The first kappa shape index (κ1) is 14.7. The summed E-state index contributed by atoms with van der Waals surface area (Å²) in [7, 11) is 1.54. The molecular formula is C14H15ClN2O2S. The van der Waals surface area contributed by atoms with Crippen LogP contribution in [0, 0.1) is 0 Å². The number of halogens is 1. The number of hydrogen-bond acceptors (Lipinski definition) is 4. The highest BCUT2D eigenvalue weighted by molar-refractivity contribution is 7.16. The fourth-order valence-electron chi connectivity index (χ4n) is 1.79. The summed E-state index contributed by atoms with van der Waals surface area (Å²) in [6.07, 6.45) is 0. The van der Waals surface area contributed by atoms with Crippen LogP contribution in [-0.4, -0.2) is 13.0 Å². The van der Waals surface area contributed by atoms with Gasteiger partial charge in [-0.3, -0.25) is 4.79 Å². The molecule has 0 aliphatic rings. The molecule has 1 unspecified atom stereocenters. The molecule has 1 aromatic carbocycles. The zero-order valence-corrected chi connectivity index (χ0v) is 12.7. The van der Waals surface area contributed by atoms with Crippen LogP contribution in [0.1, 0.15) is 28.2 Å². The molecule has 3 N–H and O–H groups in total. The zero-order chi connectivity index (χ0) is 14.7. The lowest BCUT2D eigenvalue weighted by Gasteiger charge is -2.13. The van der Waals surface area contributed by atoms with E-state index in [0.717, 1.165) is 4.88 Å². The molecule has 1 heterocycles. The van der Waals surface area contributed by atoms with Crippen molar-refractivity contribution in [3.05, 3.63) is 45.1 Å². The third-order valence-corrected chi connectivity index (χ3v) is 4.27. The van der Waals surface area contributed by atoms with Crippen LogP contribution in [0.2, 0.25) is 4.34 Å². The number of amides is 1. The van der Waals surface area contributed by atoms with E-state index < -0.39 is 0 Å². The van der Waals surface area contributed by atoms with Crippen molar-refractivity contribution in [2.75, 3.05) is 12.8 Å². The molecule has 0 spiro atoms. The number of nitrogens with one attached hydrogen (secondary N) is 1. The molecule has 0 fully saturated rings. The SMILES string of the molecule is COc1ccc(C(=O)NC(C)c2ccc(Cl)s2)cc1N. The molecule has 0 aliphatic heterocycles. The Bertz CT molecular complexity index is 627. The maximum absolute atomic E-state index is 12.2. The van der Waals surface area contributed by atoms with Gasteiger partial charge < -0.3 is 15.8 Å². The number of anilines is 1. The topological polar surface area (TPSA) is 64.3 Å². The van der Waals surface area contributed by atoms with Crippen molar-refractivity contribution in [2.45, 2.75) is 13.0 Å². The van der Waals surface area contributed by atoms with Crippen LogP contribution in [0.3, 0.4) is 0 Å². The largest absolute Gasteiger partial charge is 0.495 e. The summed E-state index contributed by atoms with van der Waals surface area (Å²) in [5.41, 5.74) is 6.73. The lowest BCUT2D eigenvalue weighted by molar-refractivity contribution is 0.0940. The molecule has 1 aromatic heterocycles. The molecule has 1 amide bonds. The first-order valence-electron chi connectivity index (χ1n) is 6.01. The minimum absolute atomic E-state index is 0.108. The molecule has 106 valence electrons. The molecule has 2 rings (SSSR count). The van der Waals surface area contributed by atoms with Crippen molar-refractivity contribution in [3.63, 3.8) is 0 Å². The standard InChI is InChI=1S/C14H15ClN2O2S/c1-8(12-5-6-13(15)20-12)17-14(18)9-3-4-11(19-2)10(16)7-9/h3-8H,16H2,1-2H3,(H,17,18). The average Bonchev–Trinajstić information content (AvgIpc) is 2.85. The van der Waals surface area contributed by atoms with Crippen LogP contribution < -0.4 is 15.8 Å². The molecule has 0 bridgehead atoms. The molecule has 0 saturated heterocycles. The molecule has 20 heavy (non-hydrogen) atoms. The van der Waals surface area contributed by atoms with E-state index in [-0.39, 0.29) is 11.9 Å². The second kappa shape index (κ2) is 6.15. The van der Waals surface area contributed by atoms with Crippen molar-refractivity contribution in [1.29, 1.82) is 0 Å². The Morgan fingerprint density at radius 2 is 2.15 bits per heavy atom. The van der Waals surface area contributed by atoms with Gasteiger partial charge in [-0.05, 0) is 37.3 Å². The Hall–Kier alpha value is -1.72. The number of rotatable bonds is 4. The van der Waals surface area contributed by atoms with Gasteiger partial charge in [-0.25, -0.2) is 0 Å². The molecule has 2 aromatic rings. The minimum atomic E-state index is -0.184. The van der Waals surface area contributed by atoms with Crippen LogP contribution in [0.15, 0.2) is 30.3 Å². The summed E-state index contributed by atoms with van der Waals surface area (Å²) in [4.78, 5) is 13.2.